The van der Waals surface area contributed by atoms with Crippen LogP contribution in [-0.4, -0.2) is 78.8 Å². The first kappa shape index (κ1) is 33.6. The Labute approximate surface area is 305 Å². The normalized spacial score (nSPS) is 21.5. The number of imide groups is 2. The number of hydrogen-bond donors (Lipinski definition) is 2. The van der Waals surface area contributed by atoms with Gasteiger partial charge in [0.05, 0.1) is 35.5 Å². The molecule has 264 valence electrons. The van der Waals surface area contributed by atoms with Crippen LogP contribution >= 0.6 is 0 Å². The molecule has 6 aromatic rings. The summed E-state index contributed by atoms with van der Waals surface area (Å²) in [5, 5.41) is 7.31. The first-order valence-electron chi connectivity index (χ1n) is 17.2. The maximum Gasteiger partial charge on any atom is 0.324 e. The Hall–Kier alpha value is -6.56. The molecule has 4 aromatic heterocycles. The summed E-state index contributed by atoms with van der Waals surface area (Å²) in [4.78, 5) is 67.7. The van der Waals surface area contributed by atoms with Gasteiger partial charge in [-0.05, 0) is 72.5 Å². The van der Waals surface area contributed by atoms with E-state index in [1.807, 2.05) is 85.2 Å². The summed E-state index contributed by atoms with van der Waals surface area (Å²) < 4.78 is 0. The van der Waals surface area contributed by atoms with Gasteiger partial charge in [-0.25, -0.2) is 9.59 Å². The maximum atomic E-state index is 11.8. The predicted molar refractivity (Wildman–Crippen MR) is 199 cm³/mol. The molecule has 10 rings (SSSR count). The number of hydrogen-bond acceptors (Lipinski definition) is 8. The minimum absolute atomic E-state index is 0. The van der Waals surface area contributed by atoms with Gasteiger partial charge in [0.2, 0.25) is 11.8 Å². The lowest BCUT2D eigenvalue weighted by Gasteiger charge is -2.12. The fourth-order valence-electron chi connectivity index (χ4n) is 7.25. The van der Waals surface area contributed by atoms with Gasteiger partial charge in [0, 0.05) is 70.6 Å². The molecule has 12 heteroatoms. The molecule has 2 saturated heterocycles. The Morgan fingerprint density at radius 2 is 1.00 bits per heavy atom. The second kappa shape index (κ2) is 13.5. The summed E-state index contributed by atoms with van der Waals surface area (Å²) in [5.41, 5.74) is 7.92. The lowest BCUT2D eigenvalue weighted by Crippen LogP contribution is -2.33. The molecule has 2 aliphatic heterocycles. The van der Waals surface area contributed by atoms with E-state index in [4.69, 9.17) is 0 Å². The Morgan fingerprint density at radius 1 is 0.547 bits per heavy atom. The summed E-state index contributed by atoms with van der Waals surface area (Å²) in [6.07, 6.45) is 8.89. The molecular weight excluding hydrogens is 669 g/mol. The highest BCUT2D eigenvalue weighted by atomic mass is 16.2. The first-order valence-corrected chi connectivity index (χ1v) is 17.2. The van der Waals surface area contributed by atoms with Gasteiger partial charge in [-0.15, -0.1) is 0 Å². The second-order valence-corrected chi connectivity index (χ2v) is 13.4. The van der Waals surface area contributed by atoms with Gasteiger partial charge in [-0.1, -0.05) is 43.8 Å². The van der Waals surface area contributed by atoms with Crippen molar-refractivity contribution in [1.29, 1.82) is 0 Å². The molecule has 4 fully saturated rings. The van der Waals surface area contributed by atoms with Crippen molar-refractivity contribution in [3.63, 3.8) is 0 Å². The number of benzene rings is 2. The topological polar surface area (TPSA) is 150 Å². The molecule has 4 atom stereocenters. The van der Waals surface area contributed by atoms with Crippen LogP contribution in [0.4, 0.5) is 9.59 Å². The summed E-state index contributed by atoms with van der Waals surface area (Å²) >= 11 is 0. The van der Waals surface area contributed by atoms with Gasteiger partial charge in [-0.3, -0.25) is 39.3 Å². The molecule has 4 aliphatic rings. The van der Waals surface area contributed by atoms with E-state index in [1.165, 1.54) is 9.80 Å². The smallest absolute Gasteiger partial charge is 0.324 e. The fourth-order valence-corrected chi connectivity index (χ4v) is 7.25. The van der Waals surface area contributed by atoms with E-state index in [0.29, 0.717) is 0 Å². The molecule has 0 radical (unpaired) electrons. The third kappa shape index (κ3) is 6.43. The Bertz CT molecular complexity index is 2200. The van der Waals surface area contributed by atoms with Gasteiger partial charge in [0.25, 0.3) is 0 Å². The van der Waals surface area contributed by atoms with Crippen molar-refractivity contribution in [2.45, 2.75) is 44.2 Å². The van der Waals surface area contributed by atoms with Gasteiger partial charge in [-0.2, -0.15) is 0 Å². The standard InChI is InChI=1S/2C20H16N4O2.CH4/c2*25-19-11-23-20(26)24(19)18-9-15(18)14-4-6-17(22-10-14)13-3-5-16-12(8-13)2-1-7-21-16;/h2*1-8,10,15,18H,9,11H2,(H,23,26);1H4/t2*15-,18+;/m10./s1. The lowest BCUT2D eigenvalue weighted by molar-refractivity contribution is -0.126. The molecule has 0 bridgehead atoms. The van der Waals surface area contributed by atoms with Gasteiger partial charge < -0.3 is 10.6 Å². The molecule has 6 heterocycles. The van der Waals surface area contributed by atoms with E-state index in [9.17, 15) is 19.2 Å². The second-order valence-electron chi connectivity index (χ2n) is 13.4. The van der Waals surface area contributed by atoms with Crippen molar-refractivity contribution in [3.05, 3.63) is 121 Å². The first-order chi connectivity index (χ1) is 25.4. The number of aromatic nitrogens is 4. The van der Waals surface area contributed by atoms with E-state index in [0.717, 1.165) is 68.3 Å². The van der Waals surface area contributed by atoms with Gasteiger partial charge in [0.15, 0.2) is 0 Å². The Kier molecular flexibility index (Phi) is 8.57. The van der Waals surface area contributed by atoms with Crippen molar-refractivity contribution in [2.24, 2.45) is 0 Å². The highest BCUT2D eigenvalue weighted by Crippen LogP contribution is 2.46. The number of fused-ring (bicyclic) bond motifs is 2. The van der Waals surface area contributed by atoms with E-state index in [2.05, 4.69) is 42.7 Å². The van der Waals surface area contributed by atoms with Crippen LogP contribution in [0.15, 0.2) is 110 Å². The molecular formula is C41H36N8O4. The number of carbonyl (C=O) groups is 4. The third-order valence-corrected chi connectivity index (χ3v) is 10.2. The van der Waals surface area contributed by atoms with Gasteiger partial charge in [0.1, 0.15) is 0 Å². The minimum Gasteiger partial charge on any atom is -0.329 e. The lowest BCUT2D eigenvalue weighted by atomic mass is 10.1. The van der Waals surface area contributed by atoms with Gasteiger partial charge >= 0.3 is 12.1 Å². The van der Waals surface area contributed by atoms with Crippen LogP contribution in [0.1, 0.15) is 43.2 Å². The SMILES string of the molecule is C.O=C1CNC(=O)N1[C@@H]1C[C@H]1c1ccc(-c2ccc3ncccc3c2)nc1.O=C1CNC(=O)N1[C@H]1C[C@@H]1c1ccc(-c2ccc3ncccc3c2)nc1. The fraction of sp³-hybridized carbons (Fsp3) is 0.220. The number of amides is 6. The Balaban J connectivity index is 0.000000148. The summed E-state index contributed by atoms with van der Waals surface area (Å²) in [7, 11) is 0. The quantitative estimate of drug-likeness (QED) is 0.199. The molecule has 0 unspecified atom stereocenters. The largest absolute Gasteiger partial charge is 0.329 e. The summed E-state index contributed by atoms with van der Waals surface area (Å²) in [6.45, 7) is 0.214. The average Bonchev–Trinajstić information content (AvgIpc) is 4.10. The molecule has 0 spiro atoms. The van der Waals surface area contributed by atoms with Crippen LogP contribution < -0.4 is 10.6 Å². The number of urea groups is 2. The zero-order chi connectivity index (χ0) is 35.3. The summed E-state index contributed by atoms with van der Waals surface area (Å²) in [5.74, 6) is 0.0870. The molecule has 2 aliphatic carbocycles. The van der Waals surface area contributed by atoms with Crippen LogP contribution in [0, 0.1) is 0 Å². The van der Waals surface area contributed by atoms with Crippen molar-refractivity contribution in [3.8, 4) is 22.5 Å². The minimum atomic E-state index is -0.281. The van der Waals surface area contributed by atoms with Crippen molar-refractivity contribution in [1.82, 2.24) is 40.4 Å². The highest BCUT2D eigenvalue weighted by Gasteiger charge is 2.50. The number of pyridine rings is 4. The highest BCUT2D eigenvalue weighted by molar-refractivity contribution is 6.03. The van der Waals surface area contributed by atoms with E-state index in [-0.39, 0.29) is 68.3 Å². The molecule has 2 saturated carbocycles. The average molecular weight is 705 g/mol. The molecule has 2 aromatic carbocycles. The predicted octanol–water partition coefficient (Wildman–Crippen LogP) is 6.05. The van der Waals surface area contributed by atoms with Crippen LogP contribution in [-0.2, 0) is 9.59 Å². The number of carbonyl (C=O) groups excluding carboxylic acids is 4. The van der Waals surface area contributed by atoms with E-state index < -0.39 is 0 Å². The molecule has 2 N–H and O–H groups in total. The maximum absolute atomic E-state index is 11.8. The number of nitrogens with zero attached hydrogens (tertiary/aromatic N) is 6. The third-order valence-electron chi connectivity index (χ3n) is 10.2. The molecule has 12 nitrogen and oxygen atoms in total. The number of rotatable bonds is 6. The summed E-state index contributed by atoms with van der Waals surface area (Å²) in [6, 6.07) is 27.5. The Morgan fingerprint density at radius 3 is 1.38 bits per heavy atom. The zero-order valence-electron chi connectivity index (χ0n) is 27.8. The van der Waals surface area contributed by atoms with E-state index in [1.54, 1.807) is 12.4 Å². The van der Waals surface area contributed by atoms with Crippen molar-refractivity contribution in [2.75, 3.05) is 13.1 Å². The van der Waals surface area contributed by atoms with E-state index >= 15 is 0 Å². The van der Waals surface area contributed by atoms with Crippen LogP contribution in [0.2, 0.25) is 0 Å². The van der Waals surface area contributed by atoms with Crippen molar-refractivity contribution < 1.29 is 19.2 Å². The van der Waals surface area contributed by atoms with Crippen LogP contribution in [0.5, 0.6) is 0 Å². The molecule has 6 amide bonds. The number of nitrogens with one attached hydrogen (secondary N) is 2. The van der Waals surface area contributed by atoms with Crippen molar-refractivity contribution >= 4 is 45.7 Å². The monoisotopic (exact) mass is 704 g/mol. The molecule has 53 heavy (non-hydrogen) atoms. The zero-order valence-corrected chi connectivity index (χ0v) is 27.8. The van der Waals surface area contributed by atoms with Crippen LogP contribution in [0.3, 0.4) is 0 Å². The van der Waals surface area contributed by atoms with Crippen LogP contribution in [0.25, 0.3) is 44.3 Å².